The van der Waals surface area contributed by atoms with Crippen molar-refractivity contribution >= 4 is 17.7 Å². The quantitative estimate of drug-likeness (QED) is 0.892. The van der Waals surface area contributed by atoms with E-state index in [4.69, 9.17) is 5.11 Å². The number of carboxylic acid groups (broad SMARTS) is 1. The number of benzene rings is 1. The number of rotatable bonds is 3. The molecule has 1 aromatic carbocycles. The molecule has 0 saturated carbocycles. The molecule has 1 amide bonds. The van der Waals surface area contributed by atoms with Gasteiger partial charge < -0.3 is 10.4 Å². The third kappa shape index (κ3) is 2.74. The smallest absolute Gasteiger partial charge is 0.336 e. The molecule has 0 aliphatic carbocycles. The minimum Gasteiger partial charge on any atom is -0.478 e. The van der Waals surface area contributed by atoms with Gasteiger partial charge in [0, 0.05) is 6.20 Å². The van der Waals surface area contributed by atoms with Gasteiger partial charge in [0.05, 0.1) is 11.1 Å². The Morgan fingerprint density at radius 1 is 1.15 bits per heavy atom. The molecule has 0 aliphatic heterocycles. The van der Waals surface area contributed by atoms with E-state index in [9.17, 15) is 18.4 Å². The molecule has 2 aromatic rings. The number of hydrogen-bond donors (Lipinski definition) is 2. The van der Waals surface area contributed by atoms with Crippen LogP contribution < -0.4 is 5.32 Å². The number of amides is 1. The van der Waals surface area contributed by atoms with Crippen molar-refractivity contribution in [1.29, 1.82) is 0 Å². The number of aromatic nitrogens is 2. The first-order chi connectivity index (χ1) is 9.49. The Bertz CT molecular complexity index is 677. The van der Waals surface area contributed by atoms with Gasteiger partial charge in [-0.25, -0.2) is 13.6 Å². The normalized spacial score (nSPS) is 10.1. The fourth-order valence-corrected chi connectivity index (χ4v) is 1.46. The summed E-state index contributed by atoms with van der Waals surface area (Å²) in [4.78, 5) is 22.8. The standard InChI is InChI=1S/C12H7F2N3O3/c13-8-4-6(7(12(19)20)5-9(8)14)11(18)16-10-2-1-3-15-17-10/h1-5H,(H,19,20)(H,16,17,18). The van der Waals surface area contributed by atoms with Crippen LogP contribution in [0.5, 0.6) is 0 Å². The lowest BCUT2D eigenvalue weighted by atomic mass is 10.1. The maximum Gasteiger partial charge on any atom is 0.336 e. The van der Waals surface area contributed by atoms with Crippen LogP contribution in [-0.4, -0.2) is 27.2 Å². The molecule has 1 heterocycles. The Hall–Kier alpha value is -2.90. The van der Waals surface area contributed by atoms with Crippen molar-refractivity contribution in [2.75, 3.05) is 5.32 Å². The fourth-order valence-electron chi connectivity index (χ4n) is 1.46. The van der Waals surface area contributed by atoms with Crippen LogP contribution in [0.1, 0.15) is 20.7 Å². The monoisotopic (exact) mass is 279 g/mol. The van der Waals surface area contributed by atoms with Crippen LogP contribution in [0, 0.1) is 11.6 Å². The van der Waals surface area contributed by atoms with E-state index in [1.165, 1.54) is 18.3 Å². The molecule has 0 radical (unpaired) electrons. The van der Waals surface area contributed by atoms with Crippen molar-refractivity contribution in [3.8, 4) is 0 Å². The molecule has 0 unspecified atom stereocenters. The second-order valence-corrected chi connectivity index (χ2v) is 3.68. The summed E-state index contributed by atoms with van der Waals surface area (Å²) in [5, 5.41) is 18.2. The maximum absolute atomic E-state index is 13.1. The molecule has 20 heavy (non-hydrogen) atoms. The van der Waals surface area contributed by atoms with Gasteiger partial charge in [-0.3, -0.25) is 4.79 Å². The Morgan fingerprint density at radius 2 is 1.80 bits per heavy atom. The lowest BCUT2D eigenvalue weighted by Crippen LogP contribution is -2.18. The number of carbonyl (C=O) groups is 2. The van der Waals surface area contributed by atoms with Crippen molar-refractivity contribution in [3.63, 3.8) is 0 Å². The molecule has 2 N–H and O–H groups in total. The maximum atomic E-state index is 13.1. The van der Waals surface area contributed by atoms with E-state index in [1.807, 2.05) is 0 Å². The molecule has 0 bridgehead atoms. The summed E-state index contributed by atoms with van der Waals surface area (Å²) in [5.74, 6) is -5.09. The van der Waals surface area contributed by atoms with E-state index in [-0.39, 0.29) is 5.82 Å². The summed E-state index contributed by atoms with van der Waals surface area (Å²) in [5.41, 5.74) is -1.16. The third-order valence-corrected chi connectivity index (χ3v) is 2.35. The Labute approximate surface area is 111 Å². The molecule has 0 atom stereocenters. The SMILES string of the molecule is O=C(O)c1cc(F)c(F)cc1C(=O)Nc1cccnn1. The van der Waals surface area contributed by atoms with Crippen LogP contribution in [0.2, 0.25) is 0 Å². The highest BCUT2D eigenvalue weighted by molar-refractivity contribution is 6.10. The fraction of sp³-hybridized carbons (Fsp3) is 0. The molecule has 0 fully saturated rings. The van der Waals surface area contributed by atoms with E-state index in [1.54, 1.807) is 0 Å². The second kappa shape index (κ2) is 5.39. The Kier molecular flexibility index (Phi) is 3.65. The molecule has 8 heteroatoms. The van der Waals surface area contributed by atoms with Gasteiger partial charge in [0.1, 0.15) is 0 Å². The highest BCUT2D eigenvalue weighted by atomic mass is 19.2. The first-order valence-corrected chi connectivity index (χ1v) is 5.30. The molecular formula is C12H7F2N3O3. The van der Waals surface area contributed by atoms with Crippen molar-refractivity contribution in [2.24, 2.45) is 0 Å². The van der Waals surface area contributed by atoms with Crippen molar-refractivity contribution < 1.29 is 23.5 Å². The lowest BCUT2D eigenvalue weighted by molar-refractivity contribution is 0.0691. The number of hydrogen-bond acceptors (Lipinski definition) is 4. The van der Waals surface area contributed by atoms with E-state index >= 15 is 0 Å². The lowest BCUT2D eigenvalue weighted by Gasteiger charge is -2.07. The largest absolute Gasteiger partial charge is 0.478 e. The van der Waals surface area contributed by atoms with Gasteiger partial charge in [0.15, 0.2) is 17.5 Å². The number of nitrogens with one attached hydrogen (secondary N) is 1. The summed E-state index contributed by atoms with van der Waals surface area (Å²) in [6.07, 6.45) is 1.37. The predicted octanol–water partition coefficient (Wildman–Crippen LogP) is 1.71. The van der Waals surface area contributed by atoms with Crippen LogP contribution in [0.3, 0.4) is 0 Å². The van der Waals surface area contributed by atoms with Gasteiger partial charge in [-0.05, 0) is 24.3 Å². The van der Waals surface area contributed by atoms with Gasteiger partial charge in [-0.15, -0.1) is 5.10 Å². The van der Waals surface area contributed by atoms with E-state index < -0.39 is 34.6 Å². The molecule has 6 nitrogen and oxygen atoms in total. The minimum atomic E-state index is -1.55. The molecule has 0 aliphatic rings. The van der Waals surface area contributed by atoms with Gasteiger partial charge in [0.2, 0.25) is 0 Å². The molecule has 0 spiro atoms. The summed E-state index contributed by atoms with van der Waals surface area (Å²) in [7, 11) is 0. The average molecular weight is 279 g/mol. The third-order valence-electron chi connectivity index (χ3n) is 2.35. The molecule has 102 valence electrons. The zero-order valence-corrected chi connectivity index (χ0v) is 9.80. The highest BCUT2D eigenvalue weighted by Crippen LogP contribution is 2.16. The molecule has 1 aromatic heterocycles. The van der Waals surface area contributed by atoms with Gasteiger partial charge in [0.25, 0.3) is 5.91 Å². The first-order valence-electron chi connectivity index (χ1n) is 5.30. The molecule has 2 rings (SSSR count). The van der Waals surface area contributed by atoms with E-state index in [0.29, 0.717) is 12.1 Å². The Balaban J connectivity index is 2.39. The number of nitrogens with zero attached hydrogens (tertiary/aromatic N) is 2. The molecule has 0 saturated heterocycles. The second-order valence-electron chi connectivity index (χ2n) is 3.68. The van der Waals surface area contributed by atoms with Gasteiger partial charge in [-0.1, -0.05) is 0 Å². The Morgan fingerprint density at radius 3 is 2.35 bits per heavy atom. The molecular weight excluding hydrogens is 272 g/mol. The number of carbonyl (C=O) groups excluding carboxylic acids is 1. The van der Waals surface area contributed by atoms with Crippen LogP contribution >= 0.6 is 0 Å². The first kappa shape index (κ1) is 13.5. The number of carboxylic acids is 1. The minimum absolute atomic E-state index is 0.0542. The highest BCUT2D eigenvalue weighted by Gasteiger charge is 2.20. The number of halogens is 2. The van der Waals surface area contributed by atoms with Crippen LogP contribution in [0.15, 0.2) is 30.5 Å². The summed E-state index contributed by atoms with van der Waals surface area (Å²) >= 11 is 0. The van der Waals surface area contributed by atoms with Gasteiger partial charge in [-0.2, -0.15) is 5.10 Å². The van der Waals surface area contributed by atoms with Gasteiger partial charge >= 0.3 is 5.97 Å². The average Bonchev–Trinajstić information content (AvgIpc) is 2.42. The number of aromatic carboxylic acids is 1. The summed E-state index contributed by atoms with van der Waals surface area (Å²) < 4.78 is 26.2. The van der Waals surface area contributed by atoms with Crippen LogP contribution in [0.4, 0.5) is 14.6 Å². The summed E-state index contributed by atoms with van der Waals surface area (Å²) in [6, 6.07) is 3.87. The van der Waals surface area contributed by atoms with Crippen molar-refractivity contribution in [3.05, 3.63) is 53.2 Å². The summed E-state index contributed by atoms with van der Waals surface area (Å²) in [6.45, 7) is 0. The van der Waals surface area contributed by atoms with Crippen LogP contribution in [-0.2, 0) is 0 Å². The van der Waals surface area contributed by atoms with Crippen LogP contribution in [0.25, 0.3) is 0 Å². The topological polar surface area (TPSA) is 92.2 Å². The zero-order valence-electron chi connectivity index (χ0n) is 9.80. The zero-order chi connectivity index (χ0) is 14.7. The predicted molar refractivity (Wildman–Crippen MR) is 63.3 cm³/mol. The van der Waals surface area contributed by atoms with Crippen molar-refractivity contribution in [2.45, 2.75) is 0 Å². The van der Waals surface area contributed by atoms with Crippen molar-refractivity contribution in [1.82, 2.24) is 10.2 Å². The van der Waals surface area contributed by atoms with E-state index in [0.717, 1.165) is 0 Å². The number of anilines is 1. The van der Waals surface area contributed by atoms with E-state index in [2.05, 4.69) is 15.5 Å².